The van der Waals surface area contributed by atoms with Gasteiger partial charge >= 0.3 is 6.18 Å². The summed E-state index contributed by atoms with van der Waals surface area (Å²) >= 11 is 0. The zero-order chi connectivity index (χ0) is 27.7. The summed E-state index contributed by atoms with van der Waals surface area (Å²) in [5, 5.41) is 6.03. The number of aryl methyl sites for hydroxylation is 1. The number of carbonyl (C=O) groups is 1. The zero-order valence-corrected chi connectivity index (χ0v) is 22.0. The maximum Gasteiger partial charge on any atom is 0.421 e. The number of carbonyl (C=O) groups excluding carboxylic acids is 1. The van der Waals surface area contributed by atoms with Gasteiger partial charge in [-0.15, -0.1) is 0 Å². The van der Waals surface area contributed by atoms with E-state index in [1.807, 2.05) is 36.9 Å². The van der Waals surface area contributed by atoms with E-state index in [0.717, 1.165) is 42.6 Å². The number of rotatable bonds is 6. The van der Waals surface area contributed by atoms with Gasteiger partial charge in [0.1, 0.15) is 11.4 Å². The van der Waals surface area contributed by atoms with Crippen molar-refractivity contribution in [3.8, 4) is 0 Å². The third-order valence-electron chi connectivity index (χ3n) is 7.22. The lowest BCUT2D eigenvalue weighted by Gasteiger charge is -2.35. The highest BCUT2D eigenvalue weighted by atomic mass is 19.4. The van der Waals surface area contributed by atoms with Crippen molar-refractivity contribution in [3.05, 3.63) is 42.6 Å². The van der Waals surface area contributed by atoms with Crippen LogP contribution in [0.25, 0.3) is 11.0 Å². The molecule has 208 valence electrons. The molecule has 1 aromatic carbocycles. The van der Waals surface area contributed by atoms with Gasteiger partial charge in [-0.2, -0.15) is 18.2 Å². The summed E-state index contributed by atoms with van der Waals surface area (Å²) in [5.41, 5.74) is 1.48. The predicted octanol–water partition coefficient (Wildman–Crippen LogP) is 3.34. The van der Waals surface area contributed by atoms with Crippen LogP contribution in [0.1, 0.15) is 18.4 Å². The number of hydrogen-bond acceptors (Lipinski definition) is 8. The van der Waals surface area contributed by atoms with Crippen LogP contribution in [-0.2, 0) is 18.0 Å². The molecule has 0 spiro atoms. The van der Waals surface area contributed by atoms with Crippen LogP contribution in [-0.4, -0.2) is 82.7 Å². The van der Waals surface area contributed by atoms with Crippen LogP contribution in [0, 0.1) is 0 Å². The van der Waals surface area contributed by atoms with Gasteiger partial charge in [0.25, 0.3) is 0 Å². The molecule has 2 fully saturated rings. The summed E-state index contributed by atoms with van der Waals surface area (Å²) in [6.07, 6.45) is -0.742. The summed E-state index contributed by atoms with van der Waals surface area (Å²) in [6.45, 7) is 7.13. The van der Waals surface area contributed by atoms with Crippen LogP contribution in [0.2, 0.25) is 0 Å². The molecular formula is C26H32F3N9O. The van der Waals surface area contributed by atoms with E-state index in [-0.39, 0.29) is 23.7 Å². The summed E-state index contributed by atoms with van der Waals surface area (Å²) in [4.78, 5) is 30.8. The van der Waals surface area contributed by atoms with Gasteiger partial charge in [0.2, 0.25) is 17.8 Å². The maximum atomic E-state index is 13.8. The van der Waals surface area contributed by atoms with Crippen LogP contribution in [0.5, 0.6) is 0 Å². The second-order valence-corrected chi connectivity index (χ2v) is 10.0. The Balaban J connectivity index is 1.34. The van der Waals surface area contributed by atoms with Crippen molar-refractivity contribution >= 4 is 40.3 Å². The lowest BCUT2D eigenvalue weighted by Crippen LogP contribution is -2.46. The fraction of sp³-hybridized carbons (Fsp3) is 0.462. The highest BCUT2D eigenvalue weighted by molar-refractivity contribution is 6.00. The third-order valence-corrected chi connectivity index (χ3v) is 7.22. The van der Waals surface area contributed by atoms with Crippen molar-refractivity contribution in [2.75, 3.05) is 66.7 Å². The molecule has 2 aliphatic rings. The summed E-state index contributed by atoms with van der Waals surface area (Å²) < 4.78 is 43.3. The number of fused-ring (bicyclic) bond motifs is 1. The molecule has 0 aliphatic carbocycles. The first-order valence-electron chi connectivity index (χ1n) is 12.9. The molecule has 2 saturated heterocycles. The molecule has 1 amide bonds. The van der Waals surface area contributed by atoms with Crippen LogP contribution < -0.4 is 20.4 Å². The molecule has 1 unspecified atom stereocenters. The Hall–Kier alpha value is -3.87. The van der Waals surface area contributed by atoms with Crippen molar-refractivity contribution < 1.29 is 18.0 Å². The molecule has 0 bridgehead atoms. The van der Waals surface area contributed by atoms with E-state index in [1.165, 1.54) is 6.08 Å². The normalized spacial score (nSPS) is 18.8. The van der Waals surface area contributed by atoms with E-state index in [0.29, 0.717) is 38.4 Å². The van der Waals surface area contributed by atoms with Crippen molar-refractivity contribution in [1.82, 2.24) is 24.4 Å². The Morgan fingerprint density at radius 3 is 2.59 bits per heavy atom. The molecule has 13 heteroatoms. The molecule has 5 rings (SSSR count). The van der Waals surface area contributed by atoms with Gasteiger partial charge < -0.3 is 29.9 Å². The van der Waals surface area contributed by atoms with Crippen molar-refractivity contribution in [3.63, 3.8) is 0 Å². The SMILES string of the molecule is C=CC(=O)Nc1ccc2c(c1)nc(N1CCCC(Nc3ncc(C(F)(F)F)c(N4CCN(C)CC4)n3)C1)n2C. The number of amides is 1. The average Bonchev–Trinajstić information content (AvgIpc) is 3.24. The number of piperidine rings is 1. The smallest absolute Gasteiger partial charge is 0.353 e. The van der Waals surface area contributed by atoms with E-state index in [9.17, 15) is 18.0 Å². The molecule has 39 heavy (non-hydrogen) atoms. The van der Waals surface area contributed by atoms with Crippen molar-refractivity contribution in [2.45, 2.75) is 25.1 Å². The average molecular weight is 544 g/mol. The summed E-state index contributed by atoms with van der Waals surface area (Å²) in [6, 6.07) is 5.46. The highest BCUT2D eigenvalue weighted by Crippen LogP contribution is 2.36. The number of alkyl halides is 3. The van der Waals surface area contributed by atoms with E-state index < -0.39 is 11.7 Å². The minimum Gasteiger partial charge on any atom is -0.353 e. The molecule has 2 aromatic heterocycles. The molecule has 2 aliphatic heterocycles. The number of piperazine rings is 1. The van der Waals surface area contributed by atoms with Gasteiger partial charge in [-0.05, 0) is 44.2 Å². The molecule has 3 aromatic rings. The first-order chi connectivity index (χ1) is 18.6. The zero-order valence-electron chi connectivity index (χ0n) is 22.0. The second-order valence-electron chi connectivity index (χ2n) is 10.0. The number of hydrogen-bond donors (Lipinski definition) is 2. The number of aromatic nitrogens is 4. The summed E-state index contributed by atoms with van der Waals surface area (Å²) in [5.74, 6) is 0.596. The first kappa shape index (κ1) is 26.7. The monoisotopic (exact) mass is 543 g/mol. The Morgan fingerprint density at radius 2 is 1.87 bits per heavy atom. The number of anilines is 4. The van der Waals surface area contributed by atoms with Gasteiger partial charge in [0.05, 0.1) is 11.0 Å². The van der Waals surface area contributed by atoms with Gasteiger partial charge in [-0.25, -0.2) is 9.97 Å². The number of halogens is 3. The van der Waals surface area contributed by atoms with E-state index in [2.05, 4.69) is 37.0 Å². The lowest BCUT2D eigenvalue weighted by atomic mass is 10.1. The van der Waals surface area contributed by atoms with Gasteiger partial charge in [-0.1, -0.05) is 6.58 Å². The highest BCUT2D eigenvalue weighted by Gasteiger charge is 2.37. The number of imidazole rings is 1. The van der Waals surface area contributed by atoms with Crippen LogP contribution in [0.15, 0.2) is 37.1 Å². The largest absolute Gasteiger partial charge is 0.421 e. The van der Waals surface area contributed by atoms with Crippen molar-refractivity contribution in [2.24, 2.45) is 7.05 Å². The van der Waals surface area contributed by atoms with Crippen molar-refractivity contribution in [1.29, 1.82) is 0 Å². The van der Waals surface area contributed by atoms with E-state index in [4.69, 9.17) is 4.98 Å². The second kappa shape index (κ2) is 10.7. The number of likely N-dealkylation sites (N-methyl/N-ethyl adjacent to an activating group) is 1. The minimum absolute atomic E-state index is 0.0712. The fourth-order valence-corrected chi connectivity index (χ4v) is 5.10. The number of benzene rings is 1. The first-order valence-corrected chi connectivity index (χ1v) is 12.9. The third kappa shape index (κ3) is 5.77. The van der Waals surface area contributed by atoms with E-state index in [1.54, 1.807) is 4.90 Å². The Morgan fingerprint density at radius 1 is 1.10 bits per heavy atom. The Labute approximate surface area is 224 Å². The van der Waals surface area contributed by atoms with Gasteiger partial charge in [-0.3, -0.25) is 4.79 Å². The topological polar surface area (TPSA) is 94.4 Å². The number of nitrogens with zero attached hydrogens (tertiary/aromatic N) is 7. The Bertz CT molecular complexity index is 1360. The van der Waals surface area contributed by atoms with Crippen LogP contribution >= 0.6 is 0 Å². The maximum absolute atomic E-state index is 13.8. The van der Waals surface area contributed by atoms with Gasteiger partial charge in [0, 0.05) is 64.2 Å². The quantitative estimate of drug-likeness (QED) is 0.458. The standard InChI is InChI=1S/C26H32F3N9O/c1-4-22(39)31-17-7-8-21-20(14-17)33-25(36(21)3)38-9-5-6-18(16-38)32-24-30-15-19(26(27,28)29)23(34-24)37-12-10-35(2)11-13-37/h4,7-8,14-15,18H,1,5-6,9-13,16H2,2-3H3,(H,31,39)(H,30,32,34). The molecule has 0 radical (unpaired) electrons. The molecule has 0 saturated carbocycles. The minimum atomic E-state index is -4.53. The summed E-state index contributed by atoms with van der Waals surface area (Å²) in [7, 11) is 3.89. The molecule has 10 nitrogen and oxygen atoms in total. The lowest BCUT2D eigenvalue weighted by molar-refractivity contribution is -0.137. The van der Waals surface area contributed by atoms with Crippen LogP contribution in [0.3, 0.4) is 0 Å². The Kier molecular flexibility index (Phi) is 7.34. The molecule has 4 heterocycles. The number of nitrogens with one attached hydrogen (secondary N) is 2. The molecule has 1 atom stereocenters. The predicted molar refractivity (Wildman–Crippen MR) is 145 cm³/mol. The molecular weight excluding hydrogens is 511 g/mol. The van der Waals surface area contributed by atoms with Gasteiger partial charge in [0.15, 0.2) is 0 Å². The fourth-order valence-electron chi connectivity index (χ4n) is 5.10. The molecule has 2 N–H and O–H groups in total. The van der Waals surface area contributed by atoms with Crippen LogP contribution in [0.4, 0.5) is 36.6 Å². The van der Waals surface area contributed by atoms with E-state index >= 15 is 0 Å².